The molecule has 0 spiro atoms. The number of anilines is 1. The first kappa shape index (κ1) is 17.2. The van der Waals surface area contributed by atoms with Crippen LogP contribution in [-0.4, -0.2) is 27.2 Å². The fourth-order valence-corrected chi connectivity index (χ4v) is 2.11. The maximum absolute atomic E-state index is 12.0. The maximum atomic E-state index is 12.0. The number of amides is 2. The van der Waals surface area contributed by atoms with Crippen LogP contribution in [0.3, 0.4) is 0 Å². The first-order chi connectivity index (χ1) is 11.4. The number of phenolic OH excluding ortho intramolecular Hbond substituents is 1. The molecule has 0 aliphatic rings. The molecular formula is C16H17N3O5. The summed E-state index contributed by atoms with van der Waals surface area (Å²) in [7, 11) is 0. The van der Waals surface area contributed by atoms with E-state index in [4.69, 9.17) is 0 Å². The Morgan fingerprint density at radius 2 is 1.88 bits per heavy atom. The molecule has 0 bridgehead atoms. The molecular weight excluding hydrogens is 314 g/mol. The van der Waals surface area contributed by atoms with Gasteiger partial charge in [0.25, 0.3) is 5.69 Å². The molecule has 0 aliphatic heterocycles. The minimum atomic E-state index is -0.971. The molecule has 126 valence electrons. The molecule has 0 saturated heterocycles. The molecule has 2 aromatic rings. The number of benzene rings is 2. The Bertz CT molecular complexity index is 733. The third-order valence-corrected chi connectivity index (χ3v) is 3.38. The highest BCUT2D eigenvalue weighted by Crippen LogP contribution is 2.20. The van der Waals surface area contributed by atoms with Crippen molar-refractivity contribution in [3.8, 4) is 5.75 Å². The summed E-state index contributed by atoms with van der Waals surface area (Å²) in [5.74, 6) is 0.0787. The first-order valence-electron chi connectivity index (χ1n) is 7.16. The molecule has 0 fully saturated rings. The molecule has 2 aromatic carbocycles. The summed E-state index contributed by atoms with van der Waals surface area (Å²) in [5.41, 5.74) is 0.675. The smallest absolute Gasteiger partial charge is 0.319 e. The number of nitrogens with zero attached hydrogens (tertiary/aromatic N) is 1. The van der Waals surface area contributed by atoms with Gasteiger partial charge in [-0.2, -0.15) is 0 Å². The van der Waals surface area contributed by atoms with E-state index >= 15 is 0 Å². The van der Waals surface area contributed by atoms with Gasteiger partial charge in [-0.3, -0.25) is 10.1 Å². The fourth-order valence-electron chi connectivity index (χ4n) is 2.11. The normalized spacial score (nSPS) is 12.9. The number of nitro groups is 1. The van der Waals surface area contributed by atoms with Crippen LogP contribution in [0.5, 0.6) is 5.75 Å². The number of aliphatic hydroxyl groups excluding tert-OH is 1. The number of urea groups is 1. The number of carbonyl (C=O) groups is 1. The Kier molecular flexibility index (Phi) is 5.33. The van der Waals surface area contributed by atoms with Crippen LogP contribution >= 0.6 is 0 Å². The van der Waals surface area contributed by atoms with Gasteiger partial charge >= 0.3 is 6.03 Å². The van der Waals surface area contributed by atoms with Crippen molar-refractivity contribution in [2.45, 2.75) is 19.1 Å². The van der Waals surface area contributed by atoms with Crippen LogP contribution in [-0.2, 0) is 0 Å². The summed E-state index contributed by atoms with van der Waals surface area (Å²) in [4.78, 5) is 22.1. The second-order valence-corrected chi connectivity index (χ2v) is 5.23. The van der Waals surface area contributed by atoms with Crippen molar-refractivity contribution in [3.63, 3.8) is 0 Å². The average Bonchev–Trinajstić information content (AvgIpc) is 2.55. The zero-order chi connectivity index (χ0) is 17.7. The Morgan fingerprint density at radius 3 is 2.50 bits per heavy atom. The standard InChI is InChI=1S/C16H17N3O5/c1-10(15(21)11-5-7-14(20)8-6-11)17-16(22)18-12-3-2-4-13(9-12)19(23)24/h2-10,15,20-21H,1H3,(H2,17,18,22)/t10-,15-/m0/s1. The lowest BCUT2D eigenvalue weighted by Crippen LogP contribution is -2.39. The van der Waals surface area contributed by atoms with Gasteiger partial charge in [0.1, 0.15) is 5.75 Å². The van der Waals surface area contributed by atoms with E-state index in [9.17, 15) is 25.1 Å². The van der Waals surface area contributed by atoms with E-state index in [0.29, 0.717) is 5.56 Å². The van der Waals surface area contributed by atoms with E-state index in [-0.39, 0.29) is 17.1 Å². The largest absolute Gasteiger partial charge is 0.508 e. The van der Waals surface area contributed by atoms with E-state index in [1.165, 1.54) is 36.4 Å². The van der Waals surface area contributed by atoms with Gasteiger partial charge in [-0.05, 0) is 30.7 Å². The molecule has 0 aromatic heterocycles. The van der Waals surface area contributed by atoms with Gasteiger partial charge in [0.2, 0.25) is 0 Å². The second kappa shape index (κ2) is 7.42. The van der Waals surface area contributed by atoms with Gasteiger partial charge in [-0.15, -0.1) is 0 Å². The SMILES string of the molecule is C[C@H](NC(=O)Nc1cccc([N+](=O)[O-])c1)[C@H](O)c1ccc(O)cc1. The number of non-ortho nitro benzene ring substituents is 1. The van der Waals surface area contributed by atoms with Crippen molar-refractivity contribution in [1.82, 2.24) is 5.32 Å². The molecule has 8 heteroatoms. The number of hydrogen-bond acceptors (Lipinski definition) is 5. The van der Waals surface area contributed by atoms with Crippen molar-refractivity contribution in [1.29, 1.82) is 0 Å². The quantitative estimate of drug-likeness (QED) is 0.495. The zero-order valence-electron chi connectivity index (χ0n) is 12.8. The van der Waals surface area contributed by atoms with Crippen LogP contribution in [0, 0.1) is 10.1 Å². The third kappa shape index (κ3) is 4.43. The predicted molar refractivity (Wildman–Crippen MR) is 87.8 cm³/mol. The van der Waals surface area contributed by atoms with E-state index < -0.39 is 23.1 Å². The number of aliphatic hydroxyl groups is 1. The van der Waals surface area contributed by atoms with Gasteiger partial charge < -0.3 is 20.8 Å². The highest BCUT2D eigenvalue weighted by atomic mass is 16.6. The minimum Gasteiger partial charge on any atom is -0.508 e. The molecule has 0 saturated carbocycles. The number of aromatic hydroxyl groups is 1. The molecule has 0 unspecified atom stereocenters. The Hall–Kier alpha value is -3.13. The molecule has 0 radical (unpaired) electrons. The van der Waals surface area contributed by atoms with Crippen LogP contribution in [0.4, 0.5) is 16.2 Å². The fraction of sp³-hybridized carbons (Fsp3) is 0.188. The maximum Gasteiger partial charge on any atom is 0.319 e. The highest BCUT2D eigenvalue weighted by Gasteiger charge is 2.18. The van der Waals surface area contributed by atoms with Crippen molar-refractivity contribution < 1.29 is 19.9 Å². The minimum absolute atomic E-state index is 0.0787. The molecule has 24 heavy (non-hydrogen) atoms. The van der Waals surface area contributed by atoms with Crippen LogP contribution in [0.1, 0.15) is 18.6 Å². The third-order valence-electron chi connectivity index (χ3n) is 3.38. The van der Waals surface area contributed by atoms with Crippen LogP contribution in [0.15, 0.2) is 48.5 Å². The molecule has 2 amide bonds. The summed E-state index contributed by atoms with van der Waals surface area (Å²) in [6.45, 7) is 1.62. The Morgan fingerprint density at radius 1 is 1.21 bits per heavy atom. The second-order valence-electron chi connectivity index (χ2n) is 5.23. The van der Waals surface area contributed by atoms with E-state index in [2.05, 4.69) is 10.6 Å². The predicted octanol–water partition coefficient (Wildman–Crippen LogP) is 2.54. The molecule has 2 atom stereocenters. The van der Waals surface area contributed by atoms with Gasteiger partial charge in [-0.25, -0.2) is 4.79 Å². The summed E-state index contributed by atoms with van der Waals surface area (Å²) in [6.07, 6.45) is -0.971. The van der Waals surface area contributed by atoms with Crippen LogP contribution in [0.25, 0.3) is 0 Å². The average molecular weight is 331 g/mol. The lowest BCUT2D eigenvalue weighted by atomic mass is 10.0. The monoisotopic (exact) mass is 331 g/mol. The van der Waals surface area contributed by atoms with Crippen LogP contribution < -0.4 is 10.6 Å². The Balaban J connectivity index is 1.97. The van der Waals surface area contributed by atoms with Crippen molar-refractivity contribution in [3.05, 3.63) is 64.2 Å². The molecule has 2 rings (SSSR count). The van der Waals surface area contributed by atoms with E-state index in [0.717, 1.165) is 0 Å². The topological polar surface area (TPSA) is 125 Å². The number of nitrogens with one attached hydrogen (secondary N) is 2. The molecule has 0 heterocycles. The number of nitro benzene ring substituents is 1. The lowest BCUT2D eigenvalue weighted by Gasteiger charge is -2.21. The summed E-state index contributed by atoms with van der Waals surface area (Å²) in [6, 6.07) is 10.3. The van der Waals surface area contributed by atoms with E-state index in [1.807, 2.05) is 0 Å². The number of rotatable bonds is 5. The number of carbonyl (C=O) groups excluding carboxylic acids is 1. The zero-order valence-corrected chi connectivity index (χ0v) is 12.8. The van der Waals surface area contributed by atoms with Crippen molar-refractivity contribution in [2.75, 3.05) is 5.32 Å². The van der Waals surface area contributed by atoms with Gasteiger partial charge in [0.15, 0.2) is 0 Å². The number of hydrogen-bond donors (Lipinski definition) is 4. The van der Waals surface area contributed by atoms with Crippen molar-refractivity contribution in [2.24, 2.45) is 0 Å². The Labute approximate surface area is 137 Å². The first-order valence-corrected chi connectivity index (χ1v) is 7.16. The summed E-state index contributed by atoms with van der Waals surface area (Å²) >= 11 is 0. The van der Waals surface area contributed by atoms with Crippen LogP contribution in [0.2, 0.25) is 0 Å². The van der Waals surface area contributed by atoms with Gasteiger partial charge in [0.05, 0.1) is 17.1 Å². The molecule has 8 nitrogen and oxygen atoms in total. The molecule has 4 N–H and O–H groups in total. The number of phenols is 1. The van der Waals surface area contributed by atoms with Gasteiger partial charge in [0, 0.05) is 17.8 Å². The highest BCUT2D eigenvalue weighted by molar-refractivity contribution is 5.89. The molecule has 0 aliphatic carbocycles. The van der Waals surface area contributed by atoms with Gasteiger partial charge in [-0.1, -0.05) is 18.2 Å². The lowest BCUT2D eigenvalue weighted by molar-refractivity contribution is -0.384. The summed E-state index contributed by atoms with van der Waals surface area (Å²) < 4.78 is 0. The van der Waals surface area contributed by atoms with E-state index in [1.54, 1.807) is 19.1 Å². The summed E-state index contributed by atoms with van der Waals surface area (Å²) in [5, 5.41) is 35.2. The van der Waals surface area contributed by atoms with Crippen molar-refractivity contribution >= 4 is 17.4 Å².